The number of benzene rings is 2. The van der Waals surface area contributed by atoms with Crippen molar-refractivity contribution in [3.63, 3.8) is 0 Å². The summed E-state index contributed by atoms with van der Waals surface area (Å²) in [6.07, 6.45) is -2.86. The molecule has 4 rings (SSSR count). The maximum Gasteiger partial charge on any atom is 0.416 e. The molecule has 1 aliphatic heterocycles. The summed E-state index contributed by atoms with van der Waals surface area (Å²) in [7, 11) is 0. The number of aromatic nitrogens is 2. The predicted molar refractivity (Wildman–Crippen MR) is 97.0 cm³/mol. The van der Waals surface area contributed by atoms with Crippen molar-refractivity contribution >= 4 is 23.2 Å². The quantitative estimate of drug-likeness (QED) is 0.726. The fourth-order valence-electron chi connectivity index (χ4n) is 2.94. The van der Waals surface area contributed by atoms with Crippen LogP contribution in [-0.4, -0.2) is 15.7 Å². The number of nitrogens with two attached hydrogens (primary N) is 1. The second kappa shape index (κ2) is 6.39. The van der Waals surface area contributed by atoms with Crippen molar-refractivity contribution in [1.29, 1.82) is 0 Å². The van der Waals surface area contributed by atoms with Gasteiger partial charge >= 0.3 is 6.18 Å². The number of aliphatic imine (C=N–C) groups is 1. The van der Waals surface area contributed by atoms with Gasteiger partial charge in [0.25, 0.3) is 0 Å². The van der Waals surface area contributed by atoms with Gasteiger partial charge in [-0.2, -0.15) is 18.2 Å². The van der Waals surface area contributed by atoms with E-state index in [4.69, 9.17) is 5.73 Å². The molecule has 8 heteroatoms. The van der Waals surface area contributed by atoms with Crippen LogP contribution < -0.4 is 11.1 Å². The molecular formula is C19H14F3N5. The molecule has 0 atom stereocenters. The highest BCUT2D eigenvalue weighted by molar-refractivity contribution is 6.15. The lowest BCUT2D eigenvalue weighted by Crippen LogP contribution is -2.08. The van der Waals surface area contributed by atoms with E-state index >= 15 is 0 Å². The molecule has 0 unspecified atom stereocenters. The Morgan fingerprint density at radius 1 is 1.04 bits per heavy atom. The number of hydrogen-bond donors (Lipinski definition) is 2. The first-order chi connectivity index (χ1) is 12.9. The topological polar surface area (TPSA) is 76.2 Å². The fourth-order valence-corrected chi connectivity index (χ4v) is 2.94. The van der Waals surface area contributed by atoms with Gasteiger partial charge in [0, 0.05) is 23.0 Å². The van der Waals surface area contributed by atoms with E-state index in [-0.39, 0.29) is 5.95 Å². The van der Waals surface area contributed by atoms with Crippen LogP contribution >= 0.6 is 0 Å². The second-order valence-corrected chi connectivity index (χ2v) is 6.04. The first-order valence-electron chi connectivity index (χ1n) is 8.11. The Balaban J connectivity index is 1.67. The Labute approximate surface area is 152 Å². The molecule has 0 amide bonds. The van der Waals surface area contributed by atoms with Crippen molar-refractivity contribution in [2.24, 2.45) is 4.99 Å². The highest BCUT2D eigenvalue weighted by atomic mass is 19.4. The molecule has 136 valence electrons. The van der Waals surface area contributed by atoms with E-state index in [0.29, 0.717) is 23.6 Å². The summed E-state index contributed by atoms with van der Waals surface area (Å²) in [6.45, 7) is 0.432. The van der Waals surface area contributed by atoms with Crippen LogP contribution in [0.1, 0.15) is 22.3 Å². The van der Waals surface area contributed by atoms with Gasteiger partial charge in [0.15, 0.2) is 0 Å². The van der Waals surface area contributed by atoms with Crippen molar-refractivity contribution in [3.05, 3.63) is 77.0 Å². The van der Waals surface area contributed by atoms with Crippen molar-refractivity contribution in [2.45, 2.75) is 12.7 Å². The van der Waals surface area contributed by atoms with Gasteiger partial charge < -0.3 is 11.1 Å². The average molecular weight is 369 g/mol. The van der Waals surface area contributed by atoms with Gasteiger partial charge in [-0.05, 0) is 35.9 Å². The molecule has 3 N–H and O–H groups in total. The normalized spacial score (nSPS) is 13.2. The first-order valence-corrected chi connectivity index (χ1v) is 8.11. The average Bonchev–Trinajstić information content (AvgIpc) is 3.04. The predicted octanol–water partition coefficient (Wildman–Crippen LogP) is 4.17. The third kappa shape index (κ3) is 3.46. The zero-order valence-electron chi connectivity index (χ0n) is 14.0. The third-order valence-electron chi connectivity index (χ3n) is 4.18. The number of halogens is 3. The van der Waals surface area contributed by atoms with Gasteiger partial charge in [-0.25, -0.2) is 4.98 Å². The summed E-state index contributed by atoms with van der Waals surface area (Å²) in [5.74, 6) is 0.672. The zero-order chi connectivity index (χ0) is 19.0. The van der Waals surface area contributed by atoms with Gasteiger partial charge in [0.05, 0.1) is 17.8 Å². The summed E-state index contributed by atoms with van der Waals surface area (Å²) in [5, 5.41) is 3.12. The lowest BCUT2D eigenvalue weighted by atomic mass is 9.98. The standard InChI is InChI=1S/C19H14F3N5/c20-19(21,22)13-3-1-2-11(8-13)17-15-9-14(5-4-12(15)10-25-17)26-16-6-7-24-18(23)27-16/h1-9H,10H2,(H3,23,24,26,27). The van der Waals surface area contributed by atoms with Gasteiger partial charge in [-0.3, -0.25) is 4.99 Å². The number of rotatable bonds is 3. The molecule has 0 aliphatic carbocycles. The Bertz CT molecular complexity index is 1040. The Kier molecular flexibility index (Phi) is 4.02. The largest absolute Gasteiger partial charge is 0.416 e. The molecule has 27 heavy (non-hydrogen) atoms. The van der Waals surface area contributed by atoms with E-state index in [1.54, 1.807) is 12.1 Å². The van der Waals surface area contributed by atoms with Gasteiger partial charge in [0.2, 0.25) is 5.95 Å². The number of alkyl halides is 3. The number of nitrogens with zero attached hydrogens (tertiary/aromatic N) is 3. The maximum atomic E-state index is 13.0. The molecule has 0 radical (unpaired) electrons. The Hall–Kier alpha value is -3.42. The molecule has 0 spiro atoms. The van der Waals surface area contributed by atoms with Gasteiger partial charge in [0.1, 0.15) is 5.82 Å². The number of hydrogen-bond acceptors (Lipinski definition) is 5. The summed E-state index contributed by atoms with van der Waals surface area (Å²) in [5.41, 5.74) is 8.34. The molecule has 2 aromatic carbocycles. The summed E-state index contributed by atoms with van der Waals surface area (Å²) in [4.78, 5) is 12.3. The number of nitrogen functional groups attached to an aromatic ring is 1. The van der Waals surface area contributed by atoms with E-state index in [1.807, 2.05) is 18.2 Å². The Morgan fingerprint density at radius 3 is 2.67 bits per heavy atom. The SMILES string of the molecule is Nc1nccc(Nc2ccc3c(c2)C(c2cccc(C(F)(F)F)c2)=NC3)n1. The second-order valence-electron chi connectivity index (χ2n) is 6.04. The van der Waals surface area contributed by atoms with Gasteiger partial charge in [-0.15, -0.1) is 0 Å². The van der Waals surface area contributed by atoms with Crippen molar-refractivity contribution in [3.8, 4) is 0 Å². The van der Waals surface area contributed by atoms with Crippen LogP contribution in [0.2, 0.25) is 0 Å². The number of nitrogens with one attached hydrogen (secondary N) is 1. The van der Waals surface area contributed by atoms with Crippen LogP contribution in [0, 0.1) is 0 Å². The van der Waals surface area contributed by atoms with E-state index in [1.165, 1.54) is 12.3 Å². The minimum atomic E-state index is -4.39. The summed E-state index contributed by atoms with van der Waals surface area (Å²) >= 11 is 0. The van der Waals surface area contributed by atoms with E-state index in [0.717, 1.165) is 28.9 Å². The molecule has 1 aromatic heterocycles. The molecule has 0 saturated carbocycles. The number of anilines is 3. The molecule has 5 nitrogen and oxygen atoms in total. The molecule has 0 saturated heterocycles. The molecule has 0 bridgehead atoms. The van der Waals surface area contributed by atoms with Crippen LogP contribution in [0.15, 0.2) is 59.7 Å². The summed E-state index contributed by atoms with van der Waals surface area (Å²) < 4.78 is 39.1. The van der Waals surface area contributed by atoms with E-state index < -0.39 is 11.7 Å². The lowest BCUT2D eigenvalue weighted by molar-refractivity contribution is -0.137. The minimum Gasteiger partial charge on any atom is -0.368 e. The van der Waals surface area contributed by atoms with Crippen LogP contribution in [-0.2, 0) is 12.7 Å². The first kappa shape index (κ1) is 17.0. The van der Waals surface area contributed by atoms with Crippen LogP contribution in [0.3, 0.4) is 0 Å². The van der Waals surface area contributed by atoms with Crippen molar-refractivity contribution in [1.82, 2.24) is 9.97 Å². The van der Waals surface area contributed by atoms with Gasteiger partial charge in [-0.1, -0.05) is 18.2 Å². The van der Waals surface area contributed by atoms with Crippen LogP contribution in [0.5, 0.6) is 0 Å². The molecule has 1 aliphatic rings. The lowest BCUT2D eigenvalue weighted by Gasteiger charge is -2.11. The maximum absolute atomic E-state index is 13.0. The highest BCUT2D eigenvalue weighted by Gasteiger charge is 2.31. The third-order valence-corrected chi connectivity index (χ3v) is 4.18. The smallest absolute Gasteiger partial charge is 0.368 e. The fraction of sp³-hybridized carbons (Fsp3) is 0.105. The highest BCUT2D eigenvalue weighted by Crippen LogP contribution is 2.32. The van der Waals surface area contributed by atoms with Crippen molar-refractivity contribution in [2.75, 3.05) is 11.1 Å². The van der Waals surface area contributed by atoms with Crippen molar-refractivity contribution < 1.29 is 13.2 Å². The van der Waals surface area contributed by atoms with E-state index in [2.05, 4.69) is 20.3 Å². The number of fused-ring (bicyclic) bond motifs is 1. The Morgan fingerprint density at radius 2 is 1.89 bits per heavy atom. The zero-order valence-corrected chi connectivity index (χ0v) is 14.0. The molecule has 3 aromatic rings. The summed E-state index contributed by atoms with van der Waals surface area (Å²) in [6, 6.07) is 12.5. The van der Waals surface area contributed by atoms with E-state index in [9.17, 15) is 13.2 Å². The minimum absolute atomic E-state index is 0.146. The monoisotopic (exact) mass is 369 g/mol. The molecular weight excluding hydrogens is 355 g/mol. The molecule has 2 heterocycles. The van der Waals surface area contributed by atoms with Crippen LogP contribution in [0.25, 0.3) is 0 Å². The molecule has 0 fully saturated rings. The van der Waals surface area contributed by atoms with Crippen LogP contribution in [0.4, 0.5) is 30.6 Å².